The van der Waals surface area contributed by atoms with E-state index in [0.29, 0.717) is 43.4 Å². The van der Waals surface area contributed by atoms with Gasteiger partial charge in [0.25, 0.3) is 0 Å². The summed E-state index contributed by atoms with van der Waals surface area (Å²) in [5, 5.41) is 0. The van der Waals surface area contributed by atoms with Crippen LogP contribution in [0.15, 0.2) is 54.6 Å². The standard InChI is InChI=1S/C20H23N3O5S/c1-29(26,27)23(15-20(25)22-13-11-21(16-24)12-14-22)18-9-5-6-10-19(18)28-17-7-3-2-4-8-17/h2-10,16H,11-15H2,1H3. The van der Waals surface area contributed by atoms with Crippen LogP contribution in [0.5, 0.6) is 11.5 Å². The Kier molecular flexibility index (Phi) is 6.38. The highest BCUT2D eigenvalue weighted by Gasteiger charge is 2.28. The Labute approximate surface area is 170 Å². The topological polar surface area (TPSA) is 87.2 Å². The SMILES string of the molecule is CS(=O)(=O)N(CC(=O)N1CCN(C=O)CC1)c1ccccc1Oc1ccccc1. The van der Waals surface area contributed by atoms with Crippen molar-refractivity contribution in [3.8, 4) is 11.5 Å². The average Bonchev–Trinajstić information content (AvgIpc) is 2.72. The third-order valence-corrected chi connectivity index (χ3v) is 5.73. The van der Waals surface area contributed by atoms with E-state index in [9.17, 15) is 18.0 Å². The number of rotatable bonds is 7. The zero-order valence-electron chi connectivity index (χ0n) is 16.1. The van der Waals surface area contributed by atoms with Crippen molar-refractivity contribution in [1.82, 2.24) is 9.80 Å². The minimum atomic E-state index is -3.74. The van der Waals surface area contributed by atoms with Gasteiger partial charge in [-0.05, 0) is 24.3 Å². The molecule has 1 aliphatic rings. The molecule has 0 aliphatic carbocycles. The number of amides is 2. The normalized spacial score (nSPS) is 14.4. The quantitative estimate of drug-likeness (QED) is 0.638. The number of anilines is 1. The van der Waals surface area contributed by atoms with Crippen molar-refractivity contribution in [2.75, 3.05) is 43.3 Å². The Morgan fingerprint density at radius 2 is 1.66 bits per heavy atom. The van der Waals surface area contributed by atoms with Crippen molar-refractivity contribution < 1.29 is 22.7 Å². The summed E-state index contributed by atoms with van der Waals surface area (Å²) < 4.78 is 31.9. The van der Waals surface area contributed by atoms with Gasteiger partial charge in [0.05, 0.1) is 11.9 Å². The molecule has 0 aromatic heterocycles. The van der Waals surface area contributed by atoms with E-state index < -0.39 is 10.0 Å². The van der Waals surface area contributed by atoms with Crippen molar-refractivity contribution >= 4 is 28.0 Å². The molecular formula is C20H23N3O5S. The van der Waals surface area contributed by atoms with E-state index in [0.717, 1.165) is 17.0 Å². The number of para-hydroxylation sites is 3. The van der Waals surface area contributed by atoms with E-state index in [1.54, 1.807) is 46.2 Å². The molecule has 3 rings (SSSR count). The third-order valence-electron chi connectivity index (χ3n) is 4.60. The fourth-order valence-electron chi connectivity index (χ4n) is 3.05. The van der Waals surface area contributed by atoms with Crippen LogP contribution in [0.4, 0.5) is 5.69 Å². The molecule has 0 radical (unpaired) electrons. The van der Waals surface area contributed by atoms with Crippen LogP contribution in [-0.4, -0.2) is 69.5 Å². The van der Waals surface area contributed by atoms with Crippen LogP contribution in [0.2, 0.25) is 0 Å². The van der Waals surface area contributed by atoms with Crippen LogP contribution >= 0.6 is 0 Å². The molecule has 2 aromatic rings. The van der Waals surface area contributed by atoms with Gasteiger partial charge < -0.3 is 14.5 Å². The lowest BCUT2D eigenvalue weighted by Gasteiger charge is -2.34. The highest BCUT2D eigenvalue weighted by atomic mass is 32.2. The van der Waals surface area contributed by atoms with Gasteiger partial charge in [-0.15, -0.1) is 0 Å². The molecule has 0 bridgehead atoms. The highest BCUT2D eigenvalue weighted by Crippen LogP contribution is 2.33. The zero-order valence-corrected chi connectivity index (χ0v) is 16.9. The number of ether oxygens (including phenoxy) is 1. The van der Waals surface area contributed by atoms with Gasteiger partial charge in [0, 0.05) is 26.2 Å². The van der Waals surface area contributed by atoms with Crippen molar-refractivity contribution in [3.63, 3.8) is 0 Å². The summed E-state index contributed by atoms with van der Waals surface area (Å²) in [5.74, 6) is 0.572. The molecule has 2 aromatic carbocycles. The molecule has 154 valence electrons. The molecule has 1 fully saturated rings. The molecule has 0 unspecified atom stereocenters. The molecule has 1 aliphatic heterocycles. The van der Waals surface area contributed by atoms with Gasteiger partial charge in [-0.2, -0.15) is 0 Å². The number of sulfonamides is 1. The van der Waals surface area contributed by atoms with E-state index in [1.807, 2.05) is 18.2 Å². The van der Waals surface area contributed by atoms with Gasteiger partial charge in [0.15, 0.2) is 5.75 Å². The minimum absolute atomic E-state index is 0.290. The first-order valence-corrected chi connectivity index (χ1v) is 11.0. The summed E-state index contributed by atoms with van der Waals surface area (Å²) >= 11 is 0. The largest absolute Gasteiger partial charge is 0.455 e. The number of piperazine rings is 1. The fraction of sp³-hybridized carbons (Fsp3) is 0.300. The maximum Gasteiger partial charge on any atom is 0.243 e. The maximum absolute atomic E-state index is 12.8. The summed E-state index contributed by atoms with van der Waals surface area (Å²) in [4.78, 5) is 26.8. The second kappa shape index (κ2) is 8.95. The average molecular weight is 417 g/mol. The van der Waals surface area contributed by atoms with Crippen molar-refractivity contribution in [2.24, 2.45) is 0 Å². The Balaban J connectivity index is 1.83. The van der Waals surface area contributed by atoms with E-state index in [2.05, 4.69) is 0 Å². The van der Waals surface area contributed by atoms with Gasteiger partial charge in [-0.25, -0.2) is 8.42 Å². The van der Waals surface area contributed by atoms with Crippen LogP contribution in [-0.2, 0) is 19.6 Å². The van der Waals surface area contributed by atoms with Gasteiger partial charge in [-0.1, -0.05) is 30.3 Å². The molecule has 29 heavy (non-hydrogen) atoms. The monoisotopic (exact) mass is 417 g/mol. The van der Waals surface area contributed by atoms with Crippen LogP contribution in [0, 0.1) is 0 Å². The predicted octanol–water partition coefficient (Wildman–Crippen LogP) is 1.55. The number of nitrogens with zero attached hydrogens (tertiary/aromatic N) is 3. The van der Waals surface area contributed by atoms with E-state index >= 15 is 0 Å². The summed E-state index contributed by atoms with van der Waals surface area (Å²) in [6, 6.07) is 15.7. The molecule has 0 spiro atoms. The number of carbonyl (C=O) groups is 2. The van der Waals surface area contributed by atoms with Crippen LogP contribution in [0.1, 0.15) is 0 Å². The first kappa shape index (κ1) is 20.7. The third kappa shape index (κ3) is 5.26. The lowest BCUT2D eigenvalue weighted by molar-refractivity contribution is -0.133. The number of benzene rings is 2. The molecule has 1 saturated heterocycles. The van der Waals surface area contributed by atoms with Crippen LogP contribution in [0.25, 0.3) is 0 Å². The van der Waals surface area contributed by atoms with E-state index in [-0.39, 0.29) is 12.5 Å². The molecule has 9 heteroatoms. The zero-order chi connectivity index (χ0) is 20.9. The van der Waals surface area contributed by atoms with Gasteiger partial charge in [0.2, 0.25) is 22.3 Å². The van der Waals surface area contributed by atoms with Crippen LogP contribution < -0.4 is 9.04 Å². The first-order valence-electron chi connectivity index (χ1n) is 9.15. The maximum atomic E-state index is 12.8. The Bertz CT molecular complexity index is 957. The number of carbonyl (C=O) groups excluding carboxylic acids is 2. The smallest absolute Gasteiger partial charge is 0.243 e. The number of hydrogen-bond donors (Lipinski definition) is 0. The van der Waals surface area contributed by atoms with Crippen molar-refractivity contribution in [3.05, 3.63) is 54.6 Å². The molecule has 1 heterocycles. The molecule has 2 amide bonds. The lowest BCUT2D eigenvalue weighted by Crippen LogP contribution is -2.51. The Morgan fingerprint density at radius 3 is 2.28 bits per heavy atom. The van der Waals surface area contributed by atoms with Gasteiger partial charge >= 0.3 is 0 Å². The number of hydrogen-bond acceptors (Lipinski definition) is 5. The predicted molar refractivity (Wildman–Crippen MR) is 109 cm³/mol. The molecule has 0 atom stereocenters. The lowest BCUT2D eigenvalue weighted by atomic mass is 10.2. The second-order valence-electron chi connectivity index (χ2n) is 6.67. The minimum Gasteiger partial charge on any atom is -0.455 e. The van der Waals surface area contributed by atoms with Crippen LogP contribution in [0.3, 0.4) is 0 Å². The second-order valence-corrected chi connectivity index (χ2v) is 8.58. The Hall–Kier alpha value is -3.07. The van der Waals surface area contributed by atoms with Gasteiger partial charge in [0.1, 0.15) is 12.3 Å². The van der Waals surface area contributed by atoms with Gasteiger partial charge in [-0.3, -0.25) is 13.9 Å². The van der Waals surface area contributed by atoms with Crippen molar-refractivity contribution in [1.29, 1.82) is 0 Å². The molecule has 0 N–H and O–H groups in total. The molecular weight excluding hydrogens is 394 g/mol. The molecule has 8 nitrogen and oxygen atoms in total. The van der Waals surface area contributed by atoms with E-state index in [1.165, 1.54) is 0 Å². The van der Waals surface area contributed by atoms with Crippen molar-refractivity contribution in [2.45, 2.75) is 0 Å². The summed E-state index contributed by atoms with van der Waals surface area (Å²) in [7, 11) is -3.74. The first-order chi connectivity index (χ1) is 13.9. The van der Waals surface area contributed by atoms with E-state index in [4.69, 9.17) is 4.74 Å². The highest BCUT2D eigenvalue weighted by molar-refractivity contribution is 7.92. The fourth-order valence-corrected chi connectivity index (χ4v) is 3.90. The summed E-state index contributed by atoms with van der Waals surface area (Å²) in [6.07, 6.45) is 1.81. The molecule has 0 saturated carbocycles. The summed E-state index contributed by atoms with van der Waals surface area (Å²) in [5.41, 5.74) is 0.290. The summed E-state index contributed by atoms with van der Waals surface area (Å²) in [6.45, 7) is 1.27. The Morgan fingerprint density at radius 1 is 1.03 bits per heavy atom.